The fourth-order valence-electron chi connectivity index (χ4n) is 3.06. The molecule has 0 radical (unpaired) electrons. The molecule has 0 spiro atoms. The van der Waals surface area contributed by atoms with Crippen LogP contribution in [0.5, 0.6) is 0 Å². The van der Waals surface area contributed by atoms with Gasteiger partial charge < -0.3 is 10.0 Å². The van der Waals surface area contributed by atoms with Gasteiger partial charge in [0.2, 0.25) is 5.91 Å². The van der Waals surface area contributed by atoms with Gasteiger partial charge in [0.05, 0.1) is 0 Å². The van der Waals surface area contributed by atoms with Crippen LogP contribution in [0.3, 0.4) is 0 Å². The third-order valence-electron chi connectivity index (χ3n) is 4.07. The maximum absolute atomic E-state index is 12.5. The minimum atomic E-state index is -0.862. The van der Waals surface area contributed by atoms with Gasteiger partial charge in [0.15, 0.2) is 0 Å². The van der Waals surface area contributed by atoms with Crippen LogP contribution in [0.2, 0.25) is 0 Å². The molecule has 0 aliphatic carbocycles. The van der Waals surface area contributed by atoms with Gasteiger partial charge in [-0.1, -0.05) is 13.8 Å². The van der Waals surface area contributed by atoms with Crippen LogP contribution in [0, 0.1) is 11.3 Å². The van der Waals surface area contributed by atoms with Crippen LogP contribution in [-0.4, -0.2) is 46.0 Å². The Morgan fingerprint density at radius 1 is 1.39 bits per heavy atom. The molecule has 4 nitrogen and oxygen atoms in total. The Bertz CT molecular complexity index is 350. The van der Waals surface area contributed by atoms with E-state index in [0.717, 1.165) is 30.8 Å². The molecule has 1 amide bonds. The Morgan fingerprint density at radius 3 is 2.67 bits per heavy atom. The van der Waals surface area contributed by atoms with E-state index in [-0.39, 0.29) is 17.2 Å². The van der Waals surface area contributed by atoms with E-state index in [1.807, 2.05) is 13.8 Å². The Hall–Kier alpha value is -0.710. The molecule has 0 aromatic heterocycles. The van der Waals surface area contributed by atoms with E-state index in [1.54, 1.807) is 16.7 Å². The predicted octanol–water partition coefficient (Wildman–Crippen LogP) is 1.84. The number of carbonyl (C=O) groups is 2. The maximum atomic E-state index is 12.5. The van der Waals surface area contributed by atoms with Crippen molar-refractivity contribution < 1.29 is 14.7 Å². The Labute approximate surface area is 112 Å². The molecule has 2 aliphatic heterocycles. The highest BCUT2D eigenvalue weighted by Gasteiger charge is 2.45. The molecule has 0 bridgehead atoms. The lowest BCUT2D eigenvalue weighted by atomic mass is 9.76. The van der Waals surface area contributed by atoms with Crippen molar-refractivity contribution in [3.05, 3.63) is 0 Å². The van der Waals surface area contributed by atoms with Gasteiger partial charge in [0, 0.05) is 18.2 Å². The second kappa shape index (κ2) is 5.11. The minimum Gasteiger partial charge on any atom is -0.480 e. The summed E-state index contributed by atoms with van der Waals surface area (Å²) >= 11 is 1.79. The summed E-state index contributed by atoms with van der Waals surface area (Å²) in [5.41, 5.74) is -0.328. The third kappa shape index (κ3) is 2.51. The molecule has 2 heterocycles. The van der Waals surface area contributed by atoms with E-state index < -0.39 is 12.0 Å². The van der Waals surface area contributed by atoms with Crippen LogP contribution >= 0.6 is 11.8 Å². The second-order valence-corrected chi connectivity index (χ2v) is 7.07. The first-order valence-electron chi connectivity index (χ1n) is 6.54. The molecule has 0 aromatic carbocycles. The summed E-state index contributed by atoms with van der Waals surface area (Å²) < 4.78 is 0. The number of thioether (sulfide) groups is 1. The first-order valence-corrected chi connectivity index (χ1v) is 7.70. The molecule has 5 heteroatoms. The number of rotatable bonds is 2. The van der Waals surface area contributed by atoms with Crippen molar-refractivity contribution in [2.45, 2.75) is 39.2 Å². The van der Waals surface area contributed by atoms with Crippen LogP contribution in [0.4, 0.5) is 0 Å². The van der Waals surface area contributed by atoms with Crippen LogP contribution < -0.4 is 0 Å². The third-order valence-corrected chi connectivity index (χ3v) is 5.23. The van der Waals surface area contributed by atoms with Crippen molar-refractivity contribution in [3.8, 4) is 0 Å². The zero-order valence-corrected chi connectivity index (χ0v) is 11.8. The van der Waals surface area contributed by atoms with E-state index in [0.29, 0.717) is 6.54 Å². The van der Waals surface area contributed by atoms with E-state index in [9.17, 15) is 14.7 Å². The van der Waals surface area contributed by atoms with Gasteiger partial charge in [0.25, 0.3) is 0 Å². The van der Waals surface area contributed by atoms with Gasteiger partial charge in [-0.25, -0.2) is 4.79 Å². The Balaban J connectivity index is 2.18. The topological polar surface area (TPSA) is 57.6 Å². The Kier molecular flexibility index (Phi) is 3.90. The average Bonchev–Trinajstić information content (AvgIpc) is 2.79. The first kappa shape index (κ1) is 13.7. The number of carboxylic acid groups (broad SMARTS) is 1. The molecule has 0 aromatic rings. The maximum Gasteiger partial charge on any atom is 0.326 e. The first-order chi connectivity index (χ1) is 8.43. The van der Waals surface area contributed by atoms with Gasteiger partial charge in [-0.2, -0.15) is 11.8 Å². The number of hydrogen-bond acceptors (Lipinski definition) is 3. The zero-order valence-electron chi connectivity index (χ0n) is 11.0. The summed E-state index contributed by atoms with van der Waals surface area (Å²) in [4.78, 5) is 25.6. The van der Waals surface area contributed by atoms with Crippen molar-refractivity contribution in [1.29, 1.82) is 0 Å². The standard InChI is InChI=1S/C13H21NO3S/c1-13(2)5-3-6-14(10(13)12(16)17)11(15)9-4-7-18-8-9/h9-10H,3-8H2,1-2H3,(H,16,17). The van der Waals surface area contributed by atoms with Gasteiger partial charge in [0.1, 0.15) is 6.04 Å². The number of aliphatic carboxylic acids is 1. The fraction of sp³-hybridized carbons (Fsp3) is 0.846. The quantitative estimate of drug-likeness (QED) is 0.832. The number of likely N-dealkylation sites (tertiary alicyclic amines) is 1. The van der Waals surface area contributed by atoms with E-state index in [4.69, 9.17) is 0 Å². The molecular weight excluding hydrogens is 250 g/mol. The molecule has 2 rings (SSSR count). The van der Waals surface area contributed by atoms with Crippen molar-refractivity contribution in [2.75, 3.05) is 18.1 Å². The van der Waals surface area contributed by atoms with Gasteiger partial charge >= 0.3 is 5.97 Å². The van der Waals surface area contributed by atoms with Crippen molar-refractivity contribution in [2.24, 2.45) is 11.3 Å². The number of piperidine rings is 1. The molecule has 18 heavy (non-hydrogen) atoms. The molecule has 102 valence electrons. The molecule has 2 atom stereocenters. The van der Waals surface area contributed by atoms with Crippen molar-refractivity contribution >= 4 is 23.6 Å². The lowest BCUT2D eigenvalue weighted by molar-refractivity contribution is -0.160. The number of amides is 1. The smallest absolute Gasteiger partial charge is 0.326 e. The lowest BCUT2D eigenvalue weighted by Gasteiger charge is -2.44. The molecule has 1 N–H and O–H groups in total. The van der Waals surface area contributed by atoms with Crippen LogP contribution in [-0.2, 0) is 9.59 Å². The SMILES string of the molecule is CC1(C)CCCN(C(=O)C2CCSC2)C1C(=O)O. The number of hydrogen-bond donors (Lipinski definition) is 1. The summed E-state index contributed by atoms with van der Waals surface area (Å²) in [6.07, 6.45) is 2.67. The van der Waals surface area contributed by atoms with Gasteiger partial charge in [-0.15, -0.1) is 0 Å². The molecular formula is C13H21NO3S. The van der Waals surface area contributed by atoms with E-state index >= 15 is 0 Å². The molecule has 2 fully saturated rings. The largest absolute Gasteiger partial charge is 0.480 e. The molecule has 0 saturated carbocycles. The van der Waals surface area contributed by atoms with Crippen molar-refractivity contribution in [3.63, 3.8) is 0 Å². The van der Waals surface area contributed by atoms with Crippen molar-refractivity contribution in [1.82, 2.24) is 4.90 Å². The van der Waals surface area contributed by atoms with Crippen LogP contribution in [0.1, 0.15) is 33.1 Å². The summed E-state index contributed by atoms with van der Waals surface area (Å²) in [6, 6.07) is -0.663. The average molecular weight is 271 g/mol. The van der Waals surface area contributed by atoms with E-state index in [1.165, 1.54) is 0 Å². The predicted molar refractivity (Wildman–Crippen MR) is 71.6 cm³/mol. The zero-order chi connectivity index (χ0) is 13.3. The Morgan fingerprint density at radius 2 is 2.11 bits per heavy atom. The highest BCUT2D eigenvalue weighted by molar-refractivity contribution is 7.99. The molecule has 2 unspecified atom stereocenters. The minimum absolute atomic E-state index is 0.0331. The van der Waals surface area contributed by atoms with E-state index in [2.05, 4.69) is 0 Å². The van der Waals surface area contributed by atoms with Gasteiger partial charge in [-0.05, 0) is 30.4 Å². The summed E-state index contributed by atoms with van der Waals surface area (Å²) in [5, 5.41) is 9.44. The highest BCUT2D eigenvalue weighted by atomic mass is 32.2. The summed E-state index contributed by atoms with van der Waals surface area (Å²) in [5.74, 6) is 1.10. The number of carboxylic acids is 1. The fourth-order valence-corrected chi connectivity index (χ4v) is 4.27. The molecule has 2 saturated heterocycles. The van der Waals surface area contributed by atoms with Crippen LogP contribution in [0.25, 0.3) is 0 Å². The summed E-state index contributed by atoms with van der Waals surface area (Å²) in [6.45, 7) is 4.50. The number of carbonyl (C=O) groups excluding carboxylic acids is 1. The normalized spacial score (nSPS) is 31.3. The van der Waals surface area contributed by atoms with Gasteiger partial charge in [-0.3, -0.25) is 4.79 Å². The summed E-state index contributed by atoms with van der Waals surface area (Å²) in [7, 11) is 0. The molecule has 2 aliphatic rings. The monoisotopic (exact) mass is 271 g/mol. The number of nitrogens with zero attached hydrogens (tertiary/aromatic N) is 1. The lowest BCUT2D eigenvalue weighted by Crippen LogP contribution is -2.57. The second-order valence-electron chi connectivity index (χ2n) is 5.93. The van der Waals surface area contributed by atoms with Crippen LogP contribution in [0.15, 0.2) is 0 Å². The highest BCUT2D eigenvalue weighted by Crippen LogP contribution is 2.37.